The minimum absolute atomic E-state index is 0.645. The van der Waals surface area contributed by atoms with Crippen molar-refractivity contribution in [1.29, 1.82) is 0 Å². The molecule has 0 radical (unpaired) electrons. The minimum Gasteiger partial charge on any atom is -0.275 e. The highest BCUT2D eigenvalue weighted by Crippen LogP contribution is 2.31. The number of benzene rings is 1. The molecular weight excluding hydrogens is 244 g/mol. The molecule has 2 aromatic rings. The molecule has 0 bridgehead atoms. The quantitative estimate of drug-likeness (QED) is 0.809. The highest BCUT2D eigenvalue weighted by Gasteiger charge is 2.10. The second kappa shape index (κ2) is 5.15. The number of aryl methyl sites for hydroxylation is 2. The van der Waals surface area contributed by atoms with Crippen LogP contribution in [-0.2, 0) is 13.5 Å². The van der Waals surface area contributed by atoms with E-state index in [4.69, 9.17) is 11.6 Å². The summed E-state index contributed by atoms with van der Waals surface area (Å²) in [6.45, 7) is 6.44. The zero-order valence-electron chi connectivity index (χ0n) is 11.4. The number of aromatic nitrogens is 2. The molecule has 3 heteroatoms. The van der Waals surface area contributed by atoms with Crippen LogP contribution >= 0.6 is 11.6 Å². The van der Waals surface area contributed by atoms with Crippen LogP contribution in [0.1, 0.15) is 25.1 Å². The molecule has 0 amide bonds. The van der Waals surface area contributed by atoms with Gasteiger partial charge in [-0.05, 0) is 30.9 Å². The van der Waals surface area contributed by atoms with Gasteiger partial charge in [0.15, 0.2) is 0 Å². The predicted molar refractivity (Wildman–Crippen MR) is 76.9 cm³/mol. The third-order valence-electron chi connectivity index (χ3n) is 2.98. The maximum atomic E-state index is 6.39. The van der Waals surface area contributed by atoms with E-state index in [-0.39, 0.29) is 0 Å². The topological polar surface area (TPSA) is 17.8 Å². The van der Waals surface area contributed by atoms with Crippen molar-refractivity contribution in [2.24, 2.45) is 13.0 Å². The van der Waals surface area contributed by atoms with Crippen LogP contribution in [0.5, 0.6) is 0 Å². The number of rotatable bonds is 3. The molecule has 2 rings (SSSR count). The average Bonchev–Trinajstić information content (AvgIpc) is 2.57. The van der Waals surface area contributed by atoms with Crippen molar-refractivity contribution >= 4 is 11.6 Å². The molecule has 1 aromatic heterocycles. The van der Waals surface area contributed by atoms with Gasteiger partial charge in [-0.2, -0.15) is 5.10 Å². The van der Waals surface area contributed by atoms with Crippen LogP contribution < -0.4 is 0 Å². The molecule has 1 heterocycles. The Labute approximate surface area is 114 Å². The van der Waals surface area contributed by atoms with Gasteiger partial charge in [-0.1, -0.05) is 37.6 Å². The fourth-order valence-corrected chi connectivity index (χ4v) is 2.54. The Morgan fingerprint density at radius 1 is 1.28 bits per heavy atom. The summed E-state index contributed by atoms with van der Waals surface area (Å²) in [5.41, 5.74) is 4.48. The van der Waals surface area contributed by atoms with Crippen LogP contribution in [-0.4, -0.2) is 9.78 Å². The maximum Gasteiger partial charge on any atom is 0.0672 e. The maximum absolute atomic E-state index is 6.39. The van der Waals surface area contributed by atoms with Crippen LogP contribution in [0.2, 0.25) is 5.02 Å². The first-order chi connectivity index (χ1) is 8.47. The van der Waals surface area contributed by atoms with E-state index in [0.29, 0.717) is 5.92 Å². The van der Waals surface area contributed by atoms with E-state index in [0.717, 1.165) is 28.3 Å². The lowest BCUT2D eigenvalue weighted by Crippen LogP contribution is -1.94. The van der Waals surface area contributed by atoms with E-state index in [1.807, 2.05) is 24.9 Å². The van der Waals surface area contributed by atoms with Crippen LogP contribution in [0.4, 0.5) is 0 Å². The van der Waals surface area contributed by atoms with Gasteiger partial charge >= 0.3 is 0 Å². The first-order valence-electron chi connectivity index (χ1n) is 6.26. The van der Waals surface area contributed by atoms with Gasteiger partial charge in [0.25, 0.3) is 0 Å². The summed E-state index contributed by atoms with van der Waals surface area (Å²) in [6.07, 6.45) is 3.07. The molecule has 0 fully saturated rings. The summed E-state index contributed by atoms with van der Waals surface area (Å²) in [5.74, 6) is 0.645. The van der Waals surface area contributed by atoms with Gasteiger partial charge in [-0.25, -0.2) is 0 Å². The van der Waals surface area contributed by atoms with E-state index < -0.39 is 0 Å². The molecule has 1 aromatic carbocycles. The summed E-state index contributed by atoms with van der Waals surface area (Å²) in [5, 5.41) is 5.17. The largest absolute Gasteiger partial charge is 0.275 e. The molecule has 0 aliphatic carbocycles. The van der Waals surface area contributed by atoms with Crippen LogP contribution in [0.3, 0.4) is 0 Å². The Balaban J connectivity index is 2.38. The molecular formula is C15H19ClN2. The predicted octanol–water partition coefficient (Wildman–Crippen LogP) is 4.25. The monoisotopic (exact) mass is 262 g/mol. The van der Waals surface area contributed by atoms with Gasteiger partial charge in [0.05, 0.1) is 5.69 Å². The fourth-order valence-electron chi connectivity index (χ4n) is 2.24. The first-order valence-corrected chi connectivity index (χ1v) is 6.64. The molecule has 0 spiro atoms. The van der Waals surface area contributed by atoms with Crippen molar-refractivity contribution in [1.82, 2.24) is 9.78 Å². The zero-order chi connectivity index (χ0) is 13.3. The molecule has 96 valence electrons. The minimum atomic E-state index is 0.645. The Bertz CT molecular complexity index is 556. The van der Waals surface area contributed by atoms with E-state index >= 15 is 0 Å². The van der Waals surface area contributed by atoms with Gasteiger partial charge in [0.1, 0.15) is 0 Å². The van der Waals surface area contributed by atoms with Crippen LogP contribution in [0.15, 0.2) is 24.4 Å². The summed E-state index contributed by atoms with van der Waals surface area (Å²) in [7, 11) is 1.93. The number of halogens is 1. The Hall–Kier alpha value is -1.28. The van der Waals surface area contributed by atoms with Crippen molar-refractivity contribution in [3.8, 4) is 11.1 Å². The lowest BCUT2D eigenvalue weighted by molar-refractivity contribution is 0.647. The van der Waals surface area contributed by atoms with Crippen LogP contribution in [0.25, 0.3) is 11.1 Å². The normalized spacial score (nSPS) is 11.2. The Morgan fingerprint density at radius 3 is 2.50 bits per heavy atom. The Morgan fingerprint density at radius 2 is 2.00 bits per heavy atom. The third kappa shape index (κ3) is 2.75. The molecule has 0 saturated heterocycles. The summed E-state index contributed by atoms with van der Waals surface area (Å²) in [4.78, 5) is 0. The van der Waals surface area contributed by atoms with Crippen molar-refractivity contribution in [3.63, 3.8) is 0 Å². The first kappa shape index (κ1) is 13.2. The van der Waals surface area contributed by atoms with Gasteiger partial charge in [0, 0.05) is 29.4 Å². The lowest BCUT2D eigenvalue weighted by Gasteiger charge is -2.08. The molecule has 2 nitrogen and oxygen atoms in total. The average molecular weight is 263 g/mol. The molecule has 0 saturated carbocycles. The van der Waals surface area contributed by atoms with Gasteiger partial charge in [0.2, 0.25) is 0 Å². The standard InChI is InChI=1S/C15H19ClN2/c1-10(2)7-12-5-6-13(15(16)8-12)14-9-18(4)17-11(14)3/h5-6,8-10H,7H2,1-4H3. The summed E-state index contributed by atoms with van der Waals surface area (Å²) in [6, 6.07) is 6.33. The van der Waals surface area contributed by atoms with Gasteiger partial charge < -0.3 is 0 Å². The SMILES string of the molecule is Cc1nn(C)cc1-c1ccc(CC(C)C)cc1Cl. The highest BCUT2D eigenvalue weighted by atomic mass is 35.5. The fraction of sp³-hybridized carbons (Fsp3) is 0.400. The highest BCUT2D eigenvalue weighted by molar-refractivity contribution is 6.33. The van der Waals surface area contributed by atoms with Crippen molar-refractivity contribution < 1.29 is 0 Å². The second-order valence-corrected chi connectivity index (χ2v) is 5.62. The molecule has 0 aliphatic heterocycles. The van der Waals surface area contributed by atoms with Crippen molar-refractivity contribution in [2.45, 2.75) is 27.2 Å². The number of hydrogen-bond acceptors (Lipinski definition) is 1. The molecule has 0 N–H and O–H groups in total. The van der Waals surface area contributed by atoms with E-state index in [1.165, 1.54) is 5.56 Å². The van der Waals surface area contributed by atoms with Crippen molar-refractivity contribution in [3.05, 3.63) is 40.7 Å². The zero-order valence-corrected chi connectivity index (χ0v) is 12.1. The van der Waals surface area contributed by atoms with E-state index in [1.54, 1.807) is 0 Å². The molecule has 0 aliphatic rings. The van der Waals surface area contributed by atoms with Gasteiger partial charge in [-0.15, -0.1) is 0 Å². The molecule has 0 unspecified atom stereocenters. The number of nitrogens with zero attached hydrogens (tertiary/aromatic N) is 2. The molecule has 18 heavy (non-hydrogen) atoms. The van der Waals surface area contributed by atoms with Crippen LogP contribution in [0, 0.1) is 12.8 Å². The smallest absolute Gasteiger partial charge is 0.0672 e. The second-order valence-electron chi connectivity index (χ2n) is 5.21. The van der Waals surface area contributed by atoms with Gasteiger partial charge in [-0.3, -0.25) is 4.68 Å². The molecule has 0 atom stereocenters. The lowest BCUT2D eigenvalue weighted by atomic mass is 9.99. The summed E-state index contributed by atoms with van der Waals surface area (Å²) < 4.78 is 1.82. The summed E-state index contributed by atoms with van der Waals surface area (Å²) >= 11 is 6.39. The van der Waals surface area contributed by atoms with E-state index in [9.17, 15) is 0 Å². The number of hydrogen-bond donors (Lipinski definition) is 0. The van der Waals surface area contributed by atoms with Crippen molar-refractivity contribution in [2.75, 3.05) is 0 Å². The van der Waals surface area contributed by atoms with E-state index in [2.05, 4.69) is 37.1 Å². The Kier molecular flexibility index (Phi) is 3.76. The third-order valence-corrected chi connectivity index (χ3v) is 3.29.